The fourth-order valence-electron chi connectivity index (χ4n) is 4.10. The van der Waals surface area contributed by atoms with Crippen molar-refractivity contribution in [2.24, 2.45) is 0 Å². The van der Waals surface area contributed by atoms with Gasteiger partial charge in [0.15, 0.2) is 0 Å². The number of carboxylic acid groups (broad SMARTS) is 1. The summed E-state index contributed by atoms with van der Waals surface area (Å²) in [6, 6.07) is 8.02. The van der Waals surface area contributed by atoms with Gasteiger partial charge in [0.05, 0.1) is 19.2 Å². The first-order valence-electron chi connectivity index (χ1n) is 11.8. The number of unbranched alkanes of at least 4 members (excludes halogenated alkanes) is 4. The van der Waals surface area contributed by atoms with Crippen LogP contribution >= 0.6 is 0 Å². The predicted molar refractivity (Wildman–Crippen MR) is 122 cm³/mol. The summed E-state index contributed by atoms with van der Waals surface area (Å²) in [4.78, 5) is 10.5. The highest BCUT2D eigenvalue weighted by atomic mass is 16.6. The number of nitrogens with one attached hydrogen (secondary N) is 1. The second-order valence-electron chi connectivity index (χ2n) is 8.79. The zero-order chi connectivity index (χ0) is 22.5. The van der Waals surface area contributed by atoms with E-state index in [1.165, 1.54) is 18.4 Å². The monoisotopic (exact) mass is 436 g/mol. The van der Waals surface area contributed by atoms with Crippen molar-refractivity contribution in [1.82, 2.24) is 5.32 Å². The number of nitrogens with zero attached hydrogens (tertiary/aromatic N) is 1. The van der Waals surface area contributed by atoms with Gasteiger partial charge in [0, 0.05) is 19.3 Å². The van der Waals surface area contributed by atoms with E-state index >= 15 is 0 Å². The summed E-state index contributed by atoms with van der Waals surface area (Å²) in [7, 11) is 0. The molecule has 0 spiro atoms. The topological polar surface area (TPSA) is 102 Å². The van der Waals surface area contributed by atoms with Gasteiger partial charge in [-0.1, -0.05) is 38.3 Å². The van der Waals surface area contributed by atoms with Crippen molar-refractivity contribution in [2.75, 3.05) is 26.4 Å². The fraction of sp³-hybridized carbons (Fsp3) is 0.708. The van der Waals surface area contributed by atoms with Crippen molar-refractivity contribution in [2.45, 2.75) is 83.3 Å². The molecular formula is C24H40N2O5. The van der Waals surface area contributed by atoms with E-state index in [0.29, 0.717) is 32.6 Å². The predicted octanol–water partition coefficient (Wildman–Crippen LogP) is 3.83. The standard InChI is InChI=1S/C24H40N2O5/c1-2-3-8-20-11-13-23(14-12-20)31-18-22(27)15-16-26(30)19-25-17-21(26)9-6-4-5-7-10-24(28)29/h11-14,21-22,25,27H,2-10,15-19H2,1H3,(H,28,29). The molecule has 176 valence electrons. The maximum absolute atomic E-state index is 13.2. The SMILES string of the molecule is CCCCc1ccc(OCC(O)CC[N+]2([O-])CNCC2CCCCCCC(=O)O)cc1. The zero-order valence-electron chi connectivity index (χ0n) is 18.9. The molecule has 7 heteroatoms. The Hall–Kier alpha value is -1.67. The van der Waals surface area contributed by atoms with Crippen LogP contribution in [-0.2, 0) is 11.2 Å². The average Bonchev–Trinajstić information content (AvgIpc) is 3.13. The van der Waals surface area contributed by atoms with Gasteiger partial charge in [-0.25, -0.2) is 0 Å². The van der Waals surface area contributed by atoms with Crippen molar-refractivity contribution in [3.8, 4) is 5.75 Å². The lowest BCUT2D eigenvalue weighted by atomic mass is 10.1. The van der Waals surface area contributed by atoms with E-state index in [1.54, 1.807) is 0 Å². The Balaban J connectivity index is 1.65. The molecule has 0 amide bonds. The van der Waals surface area contributed by atoms with Gasteiger partial charge in [0.1, 0.15) is 25.1 Å². The number of ether oxygens (including phenoxy) is 1. The Morgan fingerprint density at radius 3 is 2.68 bits per heavy atom. The van der Waals surface area contributed by atoms with Gasteiger partial charge in [-0.2, -0.15) is 0 Å². The minimum absolute atomic E-state index is 0.00302. The zero-order valence-corrected chi connectivity index (χ0v) is 18.9. The number of hydrogen-bond acceptors (Lipinski definition) is 5. The number of carboxylic acids is 1. The number of aliphatic hydroxyl groups excluding tert-OH is 1. The first-order chi connectivity index (χ1) is 14.9. The molecule has 1 aromatic rings. The lowest BCUT2D eigenvalue weighted by Crippen LogP contribution is -2.49. The summed E-state index contributed by atoms with van der Waals surface area (Å²) in [5, 5.41) is 35.4. The second kappa shape index (κ2) is 13.7. The van der Waals surface area contributed by atoms with Gasteiger partial charge >= 0.3 is 5.97 Å². The largest absolute Gasteiger partial charge is 0.632 e. The van der Waals surface area contributed by atoms with Crippen LogP contribution < -0.4 is 10.1 Å². The van der Waals surface area contributed by atoms with Crippen LogP contribution in [0.2, 0.25) is 0 Å². The van der Waals surface area contributed by atoms with Crippen LogP contribution in [0, 0.1) is 5.21 Å². The maximum atomic E-state index is 13.2. The smallest absolute Gasteiger partial charge is 0.303 e. The summed E-state index contributed by atoms with van der Waals surface area (Å²) in [5.41, 5.74) is 1.29. The molecule has 0 aromatic heterocycles. The van der Waals surface area contributed by atoms with Gasteiger partial charge in [-0.3, -0.25) is 10.1 Å². The number of hydroxylamine groups is 3. The van der Waals surface area contributed by atoms with Crippen molar-refractivity contribution >= 4 is 5.97 Å². The van der Waals surface area contributed by atoms with Crippen LogP contribution in [0.4, 0.5) is 0 Å². The molecule has 0 bridgehead atoms. The van der Waals surface area contributed by atoms with Crippen LogP contribution in [0.1, 0.15) is 70.3 Å². The lowest BCUT2D eigenvalue weighted by Gasteiger charge is -2.43. The molecule has 2 rings (SSSR count). The summed E-state index contributed by atoms with van der Waals surface area (Å²) < 4.78 is 5.40. The van der Waals surface area contributed by atoms with E-state index in [-0.39, 0.29) is 23.7 Å². The van der Waals surface area contributed by atoms with Crippen molar-refractivity contribution in [3.63, 3.8) is 0 Å². The molecule has 0 saturated carbocycles. The first-order valence-corrected chi connectivity index (χ1v) is 11.8. The van der Waals surface area contributed by atoms with E-state index in [0.717, 1.165) is 37.9 Å². The van der Waals surface area contributed by atoms with Crippen molar-refractivity contribution < 1.29 is 24.4 Å². The Kier molecular flexibility index (Phi) is 11.3. The van der Waals surface area contributed by atoms with Crippen LogP contribution in [0.15, 0.2) is 24.3 Å². The number of quaternary nitrogens is 1. The molecule has 31 heavy (non-hydrogen) atoms. The third kappa shape index (κ3) is 9.56. The van der Waals surface area contributed by atoms with Crippen LogP contribution in [-0.4, -0.2) is 59.3 Å². The normalized spacial score (nSPS) is 21.8. The van der Waals surface area contributed by atoms with Gasteiger partial charge in [-0.05, 0) is 43.4 Å². The molecule has 1 aliphatic heterocycles. The maximum Gasteiger partial charge on any atom is 0.303 e. The van der Waals surface area contributed by atoms with Crippen LogP contribution in [0.5, 0.6) is 5.75 Å². The Morgan fingerprint density at radius 2 is 1.97 bits per heavy atom. The summed E-state index contributed by atoms with van der Waals surface area (Å²) >= 11 is 0. The van der Waals surface area contributed by atoms with Gasteiger partial charge in [-0.15, -0.1) is 0 Å². The van der Waals surface area contributed by atoms with E-state index in [4.69, 9.17) is 9.84 Å². The quantitative estimate of drug-likeness (QED) is 0.207. The summed E-state index contributed by atoms with van der Waals surface area (Å²) in [5.74, 6) is -0.00399. The van der Waals surface area contributed by atoms with E-state index < -0.39 is 12.1 Å². The number of rotatable bonds is 16. The molecule has 1 aromatic carbocycles. The number of hydrogen-bond donors (Lipinski definition) is 3. The Bertz CT molecular complexity index is 639. The molecule has 1 aliphatic rings. The van der Waals surface area contributed by atoms with Crippen molar-refractivity contribution in [1.29, 1.82) is 0 Å². The van der Waals surface area contributed by atoms with Gasteiger partial charge < -0.3 is 24.8 Å². The molecule has 0 aliphatic carbocycles. The number of benzene rings is 1. The molecule has 1 fully saturated rings. The third-order valence-electron chi connectivity index (χ3n) is 6.13. The molecule has 3 N–H and O–H groups in total. The van der Waals surface area contributed by atoms with Crippen molar-refractivity contribution in [3.05, 3.63) is 35.0 Å². The van der Waals surface area contributed by atoms with Crippen LogP contribution in [0.25, 0.3) is 0 Å². The summed E-state index contributed by atoms with van der Waals surface area (Å²) in [6.45, 7) is 3.83. The molecule has 3 unspecified atom stereocenters. The van der Waals surface area contributed by atoms with E-state index in [9.17, 15) is 15.1 Å². The Labute approximate surface area is 186 Å². The minimum atomic E-state index is -0.748. The van der Waals surface area contributed by atoms with Gasteiger partial charge in [0.25, 0.3) is 0 Å². The highest BCUT2D eigenvalue weighted by Gasteiger charge is 2.34. The molecular weight excluding hydrogens is 396 g/mol. The molecule has 3 atom stereocenters. The molecule has 1 heterocycles. The third-order valence-corrected chi connectivity index (χ3v) is 6.13. The fourth-order valence-corrected chi connectivity index (χ4v) is 4.10. The summed E-state index contributed by atoms with van der Waals surface area (Å²) in [6.07, 6.45) is 7.70. The molecule has 1 saturated heterocycles. The number of aliphatic hydroxyl groups is 1. The second-order valence-corrected chi connectivity index (χ2v) is 8.79. The van der Waals surface area contributed by atoms with Crippen LogP contribution in [0.3, 0.4) is 0 Å². The number of carbonyl (C=O) groups is 1. The average molecular weight is 437 g/mol. The van der Waals surface area contributed by atoms with E-state index in [2.05, 4.69) is 24.4 Å². The van der Waals surface area contributed by atoms with Gasteiger partial charge in [0.2, 0.25) is 0 Å². The highest BCUT2D eigenvalue weighted by molar-refractivity contribution is 5.66. The number of aryl methyl sites for hydroxylation is 1. The minimum Gasteiger partial charge on any atom is -0.632 e. The number of aliphatic carboxylic acids is 1. The lowest BCUT2D eigenvalue weighted by molar-refractivity contribution is -0.893. The first kappa shape index (κ1) is 25.6. The highest BCUT2D eigenvalue weighted by Crippen LogP contribution is 2.23. The molecule has 7 nitrogen and oxygen atoms in total. The Morgan fingerprint density at radius 1 is 1.23 bits per heavy atom. The van der Waals surface area contributed by atoms with E-state index in [1.807, 2.05) is 12.1 Å². The molecule has 0 radical (unpaired) electrons.